The standard InChI is InChI=1S/C2F5N/c3-1(8-7)2(4,5)6/b8-1+. The molecule has 0 aromatic heterocycles. The highest BCUT2D eigenvalue weighted by Crippen LogP contribution is 2.17. The van der Waals surface area contributed by atoms with E-state index in [0.717, 1.165) is 5.21 Å². The molecule has 6 heteroatoms. The van der Waals surface area contributed by atoms with Crippen LogP contribution in [0.25, 0.3) is 0 Å². The molecule has 0 amide bonds. The topological polar surface area (TPSA) is 12.4 Å². The van der Waals surface area contributed by atoms with E-state index in [1.807, 2.05) is 0 Å². The zero-order valence-electron chi connectivity index (χ0n) is 3.34. The van der Waals surface area contributed by atoms with Gasteiger partial charge in [-0.25, -0.2) is 0 Å². The third kappa shape index (κ3) is 1.85. The SMILES string of the molecule is F/N=C(/F)C(F)(F)F. The number of alkyl halides is 3. The fourth-order valence-corrected chi connectivity index (χ4v) is 0.0479. The van der Waals surface area contributed by atoms with Gasteiger partial charge in [-0.3, -0.25) is 0 Å². The molecular formula is C2F5N. The van der Waals surface area contributed by atoms with Gasteiger partial charge in [0.1, 0.15) is 0 Å². The first-order valence-corrected chi connectivity index (χ1v) is 1.40. The van der Waals surface area contributed by atoms with Crippen LogP contribution in [0.15, 0.2) is 5.21 Å². The van der Waals surface area contributed by atoms with Crippen LogP contribution in [0.4, 0.5) is 22.0 Å². The van der Waals surface area contributed by atoms with Gasteiger partial charge in [0, 0.05) is 0 Å². The Kier molecular flexibility index (Phi) is 1.88. The van der Waals surface area contributed by atoms with Crippen LogP contribution in [-0.4, -0.2) is 12.1 Å². The van der Waals surface area contributed by atoms with Crippen LogP contribution >= 0.6 is 0 Å². The van der Waals surface area contributed by atoms with Crippen molar-refractivity contribution in [3.05, 3.63) is 0 Å². The van der Waals surface area contributed by atoms with Crippen molar-refractivity contribution < 1.29 is 22.0 Å². The lowest BCUT2D eigenvalue weighted by molar-refractivity contribution is -0.0686. The van der Waals surface area contributed by atoms with Gasteiger partial charge in [0.2, 0.25) is 0 Å². The molecule has 0 atom stereocenters. The first kappa shape index (κ1) is 7.32. The van der Waals surface area contributed by atoms with Crippen molar-refractivity contribution in [2.75, 3.05) is 0 Å². The molecule has 0 aliphatic carbocycles. The molecule has 0 heterocycles. The van der Waals surface area contributed by atoms with Crippen LogP contribution in [0.2, 0.25) is 0 Å². The van der Waals surface area contributed by atoms with Crippen molar-refractivity contribution in [1.82, 2.24) is 0 Å². The quantitative estimate of drug-likeness (QED) is 0.353. The van der Waals surface area contributed by atoms with E-state index in [1.165, 1.54) is 0 Å². The Balaban J connectivity index is 4.03. The monoisotopic (exact) mass is 133 g/mol. The molecule has 48 valence electrons. The lowest BCUT2D eigenvalue weighted by Gasteiger charge is -1.95. The van der Waals surface area contributed by atoms with E-state index >= 15 is 0 Å². The van der Waals surface area contributed by atoms with Gasteiger partial charge in [-0.05, 0) is 0 Å². The zero-order chi connectivity index (χ0) is 6.78. The Morgan fingerprint density at radius 3 is 1.62 bits per heavy atom. The van der Waals surface area contributed by atoms with Crippen molar-refractivity contribution in [3.63, 3.8) is 0 Å². The third-order valence-electron chi connectivity index (χ3n) is 0.308. The lowest BCUT2D eigenvalue weighted by Crippen LogP contribution is -2.17. The molecule has 8 heavy (non-hydrogen) atoms. The molecule has 0 aromatic rings. The Hall–Kier alpha value is -0.680. The Morgan fingerprint density at radius 2 is 1.62 bits per heavy atom. The third-order valence-corrected chi connectivity index (χ3v) is 0.308. The predicted octanol–water partition coefficient (Wildman–Crippen LogP) is 1.80. The highest BCUT2D eigenvalue weighted by atomic mass is 19.4. The van der Waals surface area contributed by atoms with E-state index in [9.17, 15) is 22.0 Å². The van der Waals surface area contributed by atoms with Crippen molar-refractivity contribution in [2.24, 2.45) is 5.21 Å². The molecule has 1 nitrogen and oxygen atoms in total. The van der Waals surface area contributed by atoms with Crippen molar-refractivity contribution in [3.8, 4) is 0 Å². The minimum absolute atomic E-state index is 0.785. The maximum atomic E-state index is 10.9. The van der Waals surface area contributed by atoms with Crippen LogP contribution in [0, 0.1) is 0 Å². The maximum absolute atomic E-state index is 10.9. The average molecular weight is 133 g/mol. The van der Waals surface area contributed by atoms with Gasteiger partial charge in [0.05, 0.1) is 0 Å². The number of hydrogen-bond acceptors (Lipinski definition) is 1. The van der Waals surface area contributed by atoms with Crippen LogP contribution < -0.4 is 0 Å². The van der Waals surface area contributed by atoms with Crippen molar-refractivity contribution in [1.29, 1.82) is 0 Å². The molecule has 0 bridgehead atoms. The maximum Gasteiger partial charge on any atom is 0.464 e. The lowest BCUT2D eigenvalue weighted by atomic mass is 10.7. The second-order valence-corrected chi connectivity index (χ2v) is 0.873. The summed E-state index contributed by atoms with van der Waals surface area (Å²) in [4.78, 5) is 0. The largest absolute Gasteiger partial charge is 0.464 e. The Morgan fingerprint density at radius 1 is 1.25 bits per heavy atom. The summed E-state index contributed by atoms with van der Waals surface area (Å²) in [6, 6.07) is 0. The number of rotatable bonds is 0. The molecular weight excluding hydrogens is 133 g/mol. The predicted molar refractivity (Wildman–Crippen MR) is 15.7 cm³/mol. The molecule has 0 unspecified atom stereocenters. The highest BCUT2D eigenvalue weighted by molar-refractivity contribution is 5.79. The van der Waals surface area contributed by atoms with Gasteiger partial charge in [0.25, 0.3) is 0 Å². The van der Waals surface area contributed by atoms with E-state index in [4.69, 9.17) is 0 Å². The summed E-state index contributed by atoms with van der Waals surface area (Å²) >= 11 is 0. The number of hydrogen-bond donors (Lipinski definition) is 0. The van der Waals surface area contributed by atoms with E-state index in [0.29, 0.717) is 0 Å². The summed E-state index contributed by atoms with van der Waals surface area (Å²) in [5.74, 6) is -2.96. The zero-order valence-corrected chi connectivity index (χ0v) is 3.34. The summed E-state index contributed by atoms with van der Waals surface area (Å²) in [6.07, 6.45) is -5.28. The number of halogens is 5. The van der Waals surface area contributed by atoms with Gasteiger partial charge < -0.3 is 0 Å². The minimum Gasteiger partial charge on any atom is -0.177 e. The first-order chi connectivity index (χ1) is 3.48. The molecule has 0 saturated heterocycles. The molecule has 0 aliphatic heterocycles. The first-order valence-electron chi connectivity index (χ1n) is 1.40. The number of nitrogens with zero attached hydrogens (tertiary/aromatic N) is 1. The second-order valence-electron chi connectivity index (χ2n) is 0.873. The van der Waals surface area contributed by atoms with Gasteiger partial charge >= 0.3 is 12.1 Å². The summed E-state index contributed by atoms with van der Waals surface area (Å²) in [7, 11) is 0. The Labute approximate surface area is 40.8 Å². The van der Waals surface area contributed by atoms with Gasteiger partial charge in [-0.15, -0.1) is 0 Å². The van der Waals surface area contributed by atoms with Gasteiger partial charge in [-0.1, -0.05) is 9.70 Å². The molecule has 0 N–H and O–H groups in total. The fraction of sp³-hybridized carbons (Fsp3) is 0.500. The molecule has 0 fully saturated rings. The van der Waals surface area contributed by atoms with Crippen molar-refractivity contribution in [2.45, 2.75) is 6.18 Å². The molecule has 0 rings (SSSR count). The summed E-state index contributed by atoms with van der Waals surface area (Å²) < 4.78 is 53.4. The van der Waals surface area contributed by atoms with E-state index in [-0.39, 0.29) is 0 Å². The summed E-state index contributed by atoms with van der Waals surface area (Å²) in [5.41, 5.74) is 0. The highest BCUT2D eigenvalue weighted by Gasteiger charge is 2.37. The minimum atomic E-state index is -5.28. The van der Waals surface area contributed by atoms with Crippen molar-refractivity contribution >= 4 is 5.97 Å². The van der Waals surface area contributed by atoms with Gasteiger partial charge in [-0.2, -0.15) is 17.6 Å². The van der Waals surface area contributed by atoms with Gasteiger partial charge in [0.15, 0.2) is 0 Å². The van der Waals surface area contributed by atoms with Crippen LogP contribution in [-0.2, 0) is 0 Å². The summed E-state index contributed by atoms with van der Waals surface area (Å²) in [6.45, 7) is 0. The fourth-order valence-electron chi connectivity index (χ4n) is 0.0479. The second kappa shape index (κ2) is 2.06. The molecule has 0 aliphatic rings. The van der Waals surface area contributed by atoms with E-state index < -0.39 is 12.1 Å². The van der Waals surface area contributed by atoms with E-state index in [2.05, 4.69) is 0 Å². The summed E-state index contributed by atoms with van der Waals surface area (Å²) in [5, 5.41) is 0.785. The van der Waals surface area contributed by atoms with Crippen LogP contribution in [0.3, 0.4) is 0 Å². The average Bonchev–Trinajstić information content (AvgIpc) is 1.62. The van der Waals surface area contributed by atoms with Crippen LogP contribution in [0.5, 0.6) is 0 Å². The molecule has 0 spiro atoms. The Bertz CT molecular complexity index is 101. The molecule has 0 radical (unpaired) electrons. The molecule has 0 aromatic carbocycles. The van der Waals surface area contributed by atoms with Crippen LogP contribution in [0.1, 0.15) is 0 Å². The normalized spacial score (nSPS) is 14.4. The van der Waals surface area contributed by atoms with E-state index in [1.54, 1.807) is 0 Å². The smallest absolute Gasteiger partial charge is 0.177 e. The molecule has 0 saturated carbocycles.